The van der Waals surface area contributed by atoms with Crippen molar-refractivity contribution in [2.45, 2.75) is 38.6 Å². The van der Waals surface area contributed by atoms with Gasteiger partial charge in [-0.25, -0.2) is 4.98 Å². The van der Waals surface area contributed by atoms with E-state index in [0.29, 0.717) is 11.4 Å². The summed E-state index contributed by atoms with van der Waals surface area (Å²) in [4.78, 5) is 16.6. The van der Waals surface area contributed by atoms with Gasteiger partial charge in [0.1, 0.15) is 5.01 Å². The molecule has 2 aromatic rings. The van der Waals surface area contributed by atoms with Gasteiger partial charge in [-0.3, -0.25) is 4.79 Å². The lowest BCUT2D eigenvalue weighted by molar-refractivity contribution is 0.0935. The molecule has 21 heavy (non-hydrogen) atoms. The molecule has 0 aliphatic rings. The van der Waals surface area contributed by atoms with E-state index in [9.17, 15) is 4.79 Å². The van der Waals surface area contributed by atoms with Gasteiger partial charge in [0.15, 0.2) is 0 Å². The van der Waals surface area contributed by atoms with Crippen molar-refractivity contribution in [3.63, 3.8) is 0 Å². The van der Waals surface area contributed by atoms with Gasteiger partial charge in [0, 0.05) is 22.5 Å². The number of hydrogen-bond donors (Lipinski definition) is 1. The summed E-state index contributed by atoms with van der Waals surface area (Å²) in [6, 6.07) is 7.78. The van der Waals surface area contributed by atoms with Crippen LogP contribution in [0, 0.1) is 0 Å². The number of nitrogens with zero attached hydrogens (tertiary/aromatic N) is 1. The molecule has 0 aliphatic heterocycles. The zero-order chi connectivity index (χ0) is 15.2. The molecule has 1 N–H and O–H groups in total. The molecule has 1 aromatic carbocycles. The van der Waals surface area contributed by atoms with E-state index >= 15 is 0 Å². The summed E-state index contributed by atoms with van der Waals surface area (Å²) in [7, 11) is 0. The number of alkyl halides is 1. The maximum atomic E-state index is 12.1. The standard InChI is InChI=1S/C16H19ClN2OS/c1-3-13(4-2)18-15(20)11-5-7-12(8-6-11)16-19-14(9-17)10-21-16/h5-8,10,13H,3-4,9H2,1-2H3,(H,18,20). The number of rotatable bonds is 6. The van der Waals surface area contributed by atoms with Crippen molar-refractivity contribution in [1.29, 1.82) is 0 Å². The molecule has 3 nitrogen and oxygen atoms in total. The van der Waals surface area contributed by atoms with E-state index in [1.807, 2.05) is 29.6 Å². The fourth-order valence-corrected chi connectivity index (χ4v) is 3.08. The third-order valence-electron chi connectivity index (χ3n) is 3.40. The molecule has 0 spiro atoms. The molecule has 0 saturated heterocycles. The van der Waals surface area contributed by atoms with Crippen LogP contribution in [0.3, 0.4) is 0 Å². The van der Waals surface area contributed by atoms with E-state index in [0.717, 1.165) is 29.1 Å². The van der Waals surface area contributed by atoms with Gasteiger partial charge in [-0.1, -0.05) is 26.0 Å². The van der Waals surface area contributed by atoms with E-state index in [2.05, 4.69) is 24.1 Å². The zero-order valence-corrected chi connectivity index (χ0v) is 13.8. The summed E-state index contributed by atoms with van der Waals surface area (Å²) in [6.07, 6.45) is 1.89. The van der Waals surface area contributed by atoms with Crippen molar-refractivity contribution in [1.82, 2.24) is 10.3 Å². The smallest absolute Gasteiger partial charge is 0.251 e. The van der Waals surface area contributed by atoms with E-state index in [-0.39, 0.29) is 11.9 Å². The summed E-state index contributed by atoms with van der Waals surface area (Å²) < 4.78 is 0. The number of amides is 1. The van der Waals surface area contributed by atoms with Crippen molar-refractivity contribution >= 4 is 28.8 Å². The lowest BCUT2D eigenvalue weighted by Crippen LogP contribution is -2.33. The molecule has 0 bridgehead atoms. The Kier molecular flexibility index (Phi) is 5.76. The molecule has 0 saturated carbocycles. The summed E-state index contributed by atoms with van der Waals surface area (Å²) in [5.74, 6) is 0.405. The molecule has 0 radical (unpaired) electrons. The zero-order valence-electron chi connectivity index (χ0n) is 12.2. The maximum Gasteiger partial charge on any atom is 0.251 e. The summed E-state index contributed by atoms with van der Waals surface area (Å²) in [5.41, 5.74) is 2.57. The highest BCUT2D eigenvalue weighted by Gasteiger charge is 2.11. The Balaban J connectivity index is 2.09. The van der Waals surface area contributed by atoms with Crippen LogP contribution in [0.5, 0.6) is 0 Å². The third kappa shape index (κ3) is 4.05. The predicted molar refractivity (Wildman–Crippen MR) is 88.9 cm³/mol. The van der Waals surface area contributed by atoms with Crippen molar-refractivity contribution in [2.75, 3.05) is 0 Å². The topological polar surface area (TPSA) is 42.0 Å². The number of carbonyl (C=O) groups excluding carboxylic acids is 1. The first-order valence-corrected chi connectivity index (χ1v) is 8.51. The molecule has 112 valence electrons. The fourth-order valence-electron chi connectivity index (χ4n) is 2.03. The Labute approximate surface area is 134 Å². The number of thiazole rings is 1. The van der Waals surface area contributed by atoms with Crippen LogP contribution >= 0.6 is 22.9 Å². The van der Waals surface area contributed by atoms with Gasteiger partial charge in [0.2, 0.25) is 0 Å². The SMILES string of the molecule is CCC(CC)NC(=O)c1ccc(-c2nc(CCl)cs2)cc1. The van der Waals surface area contributed by atoms with Crippen molar-refractivity contribution < 1.29 is 4.79 Å². The minimum atomic E-state index is -0.0177. The maximum absolute atomic E-state index is 12.1. The average molecular weight is 323 g/mol. The number of nitrogens with one attached hydrogen (secondary N) is 1. The molecule has 1 aromatic heterocycles. The second-order valence-corrected chi connectivity index (χ2v) is 5.97. The van der Waals surface area contributed by atoms with Gasteiger partial charge in [-0.2, -0.15) is 0 Å². The predicted octanol–water partition coefficient (Wildman–Crippen LogP) is 4.47. The molecular weight excluding hydrogens is 304 g/mol. The summed E-state index contributed by atoms with van der Waals surface area (Å²) in [6.45, 7) is 4.16. The molecule has 1 heterocycles. The summed E-state index contributed by atoms with van der Waals surface area (Å²) >= 11 is 7.32. The Morgan fingerprint density at radius 1 is 1.29 bits per heavy atom. The lowest BCUT2D eigenvalue weighted by atomic mass is 10.1. The van der Waals surface area contributed by atoms with Gasteiger partial charge in [0.05, 0.1) is 11.6 Å². The van der Waals surface area contributed by atoms with Crippen LogP contribution in [0.4, 0.5) is 0 Å². The Morgan fingerprint density at radius 3 is 2.48 bits per heavy atom. The monoisotopic (exact) mass is 322 g/mol. The second kappa shape index (κ2) is 7.57. The minimum absolute atomic E-state index is 0.0177. The summed E-state index contributed by atoms with van der Waals surface area (Å²) in [5, 5.41) is 5.92. The van der Waals surface area contributed by atoms with E-state index in [1.165, 1.54) is 0 Å². The lowest BCUT2D eigenvalue weighted by Gasteiger charge is -2.14. The molecule has 1 amide bonds. The van der Waals surface area contributed by atoms with Crippen LogP contribution in [0.2, 0.25) is 0 Å². The average Bonchev–Trinajstić information content (AvgIpc) is 3.01. The number of benzene rings is 1. The van der Waals surface area contributed by atoms with Gasteiger partial charge >= 0.3 is 0 Å². The molecular formula is C16H19ClN2OS. The highest BCUT2D eigenvalue weighted by atomic mass is 35.5. The number of aromatic nitrogens is 1. The van der Waals surface area contributed by atoms with Crippen molar-refractivity contribution in [2.24, 2.45) is 0 Å². The van der Waals surface area contributed by atoms with E-state index < -0.39 is 0 Å². The quantitative estimate of drug-likeness (QED) is 0.797. The normalized spacial score (nSPS) is 10.9. The number of carbonyl (C=O) groups is 1. The van der Waals surface area contributed by atoms with E-state index in [1.54, 1.807) is 11.3 Å². The van der Waals surface area contributed by atoms with Crippen LogP contribution in [-0.4, -0.2) is 16.9 Å². The second-order valence-electron chi connectivity index (χ2n) is 4.84. The highest BCUT2D eigenvalue weighted by Crippen LogP contribution is 2.24. The first kappa shape index (κ1) is 16.0. The highest BCUT2D eigenvalue weighted by molar-refractivity contribution is 7.13. The molecule has 2 rings (SSSR count). The first-order chi connectivity index (χ1) is 10.2. The van der Waals surface area contributed by atoms with Crippen molar-refractivity contribution in [3.05, 3.63) is 40.9 Å². The third-order valence-corrected chi connectivity index (χ3v) is 4.62. The van der Waals surface area contributed by atoms with Crippen LogP contribution in [-0.2, 0) is 5.88 Å². The van der Waals surface area contributed by atoms with E-state index in [4.69, 9.17) is 11.6 Å². The Morgan fingerprint density at radius 2 is 1.95 bits per heavy atom. The molecule has 0 unspecified atom stereocenters. The van der Waals surface area contributed by atoms with Gasteiger partial charge in [-0.05, 0) is 25.0 Å². The Hall–Kier alpha value is -1.39. The van der Waals surface area contributed by atoms with Crippen LogP contribution < -0.4 is 5.32 Å². The van der Waals surface area contributed by atoms with Gasteiger partial charge < -0.3 is 5.32 Å². The molecule has 0 fully saturated rings. The van der Waals surface area contributed by atoms with Gasteiger partial charge in [0.25, 0.3) is 5.91 Å². The van der Waals surface area contributed by atoms with Crippen LogP contribution in [0.15, 0.2) is 29.6 Å². The molecule has 0 aliphatic carbocycles. The Bertz CT molecular complexity index is 591. The van der Waals surface area contributed by atoms with Gasteiger partial charge in [-0.15, -0.1) is 22.9 Å². The molecule has 0 atom stereocenters. The fraction of sp³-hybridized carbons (Fsp3) is 0.375. The largest absolute Gasteiger partial charge is 0.349 e. The number of halogens is 1. The van der Waals surface area contributed by atoms with Crippen LogP contribution in [0.1, 0.15) is 42.7 Å². The first-order valence-electron chi connectivity index (χ1n) is 7.09. The van der Waals surface area contributed by atoms with Crippen molar-refractivity contribution in [3.8, 4) is 10.6 Å². The van der Waals surface area contributed by atoms with Crippen LogP contribution in [0.25, 0.3) is 10.6 Å². The molecule has 5 heteroatoms. The number of hydrogen-bond acceptors (Lipinski definition) is 3. The minimum Gasteiger partial charge on any atom is -0.349 e.